The Morgan fingerprint density at radius 1 is 0.441 bits per heavy atom. The van der Waals surface area contributed by atoms with Gasteiger partial charge in [0.2, 0.25) is 6.71 Å². The molecule has 0 spiro atoms. The van der Waals surface area contributed by atoms with Crippen molar-refractivity contribution in [2.45, 2.75) is 90.9 Å². The Morgan fingerprint density at radius 3 is 1.19 bits per heavy atom. The van der Waals surface area contributed by atoms with Crippen LogP contribution in [0.3, 0.4) is 0 Å². The van der Waals surface area contributed by atoms with Crippen LogP contribution < -0.4 is 16.4 Å². The summed E-state index contributed by atoms with van der Waals surface area (Å²) in [6, 6.07) is 49.5. The standard InChI is InChI=1S/C55H54BN3/c1-35-25-37(3)49(38(4)26-35)56(50-39(5)27-36(2)28-40(50)6)48-23-21-47(22-24-48)55-32-41-29-42(33-55)31-54(30-41,34-55)46-19-17-45(18-20-46)53-58-51(43-13-9-7-10-14-43)57-52(59-53)44-15-11-8-12-16-44/h7-28,41-42H,29-34H2,1-6H3. The fourth-order valence-corrected chi connectivity index (χ4v) is 12.6. The van der Waals surface area contributed by atoms with Crippen molar-refractivity contribution in [3.63, 3.8) is 0 Å². The van der Waals surface area contributed by atoms with Crippen LogP contribution >= 0.6 is 0 Å². The predicted octanol–water partition coefficient (Wildman–Crippen LogP) is 11.0. The molecular formula is C55H54BN3. The molecule has 4 aliphatic carbocycles. The number of benzene rings is 6. The van der Waals surface area contributed by atoms with Crippen molar-refractivity contribution in [1.29, 1.82) is 0 Å². The molecule has 0 radical (unpaired) electrons. The molecule has 4 heteroatoms. The summed E-state index contributed by atoms with van der Waals surface area (Å²) in [4.78, 5) is 15.0. The minimum atomic E-state index is 0.194. The Bertz CT molecular complexity index is 2510. The summed E-state index contributed by atoms with van der Waals surface area (Å²) in [6.45, 7) is 13.9. The quantitative estimate of drug-likeness (QED) is 0.145. The molecule has 6 aromatic carbocycles. The maximum Gasteiger partial charge on any atom is 0.242 e. The van der Waals surface area contributed by atoms with E-state index in [1.807, 2.05) is 36.4 Å². The van der Waals surface area contributed by atoms with Crippen LogP contribution in [0.2, 0.25) is 0 Å². The molecule has 0 aliphatic heterocycles. The first-order valence-corrected chi connectivity index (χ1v) is 21.8. The molecule has 59 heavy (non-hydrogen) atoms. The summed E-state index contributed by atoms with van der Waals surface area (Å²) >= 11 is 0. The third kappa shape index (κ3) is 6.75. The zero-order valence-corrected chi connectivity index (χ0v) is 35.5. The molecule has 1 heterocycles. The smallest absolute Gasteiger partial charge is 0.208 e. The second-order valence-corrected chi connectivity index (χ2v) is 18.8. The molecule has 7 aromatic rings. The Morgan fingerprint density at radius 2 is 0.797 bits per heavy atom. The van der Waals surface area contributed by atoms with Gasteiger partial charge in [-0.2, -0.15) is 0 Å². The summed E-state index contributed by atoms with van der Waals surface area (Å²) in [7, 11) is 0. The van der Waals surface area contributed by atoms with E-state index >= 15 is 0 Å². The van der Waals surface area contributed by atoms with Gasteiger partial charge in [-0.25, -0.2) is 15.0 Å². The van der Waals surface area contributed by atoms with Crippen LogP contribution in [0.4, 0.5) is 0 Å². The highest BCUT2D eigenvalue weighted by molar-refractivity contribution is 6.96. The SMILES string of the molecule is Cc1cc(C)c(B(c2ccc(C34CC5CC(C3)CC(c3ccc(-c6nc(-c7ccccc7)nc(-c7ccccc7)n6)cc3)(C5)C4)cc2)c2c(C)cc(C)cc2C)c(C)c1. The summed E-state index contributed by atoms with van der Waals surface area (Å²) < 4.78 is 0. The van der Waals surface area contributed by atoms with Crippen molar-refractivity contribution < 1.29 is 0 Å². The van der Waals surface area contributed by atoms with E-state index in [-0.39, 0.29) is 17.5 Å². The molecule has 4 bridgehead atoms. The molecule has 0 amide bonds. The average Bonchev–Trinajstić information content (AvgIpc) is 3.22. The number of nitrogens with zero attached hydrogens (tertiary/aromatic N) is 3. The summed E-state index contributed by atoms with van der Waals surface area (Å²) in [5.74, 6) is 3.66. The van der Waals surface area contributed by atoms with Gasteiger partial charge in [0.05, 0.1) is 0 Å². The summed E-state index contributed by atoms with van der Waals surface area (Å²) in [5, 5.41) is 0. The largest absolute Gasteiger partial charge is 0.242 e. The zero-order chi connectivity index (χ0) is 40.5. The molecule has 2 unspecified atom stereocenters. The molecule has 292 valence electrons. The molecule has 11 rings (SSSR count). The topological polar surface area (TPSA) is 38.7 Å². The van der Waals surface area contributed by atoms with Crippen LogP contribution in [0.1, 0.15) is 83.0 Å². The molecule has 2 atom stereocenters. The van der Waals surface area contributed by atoms with Crippen LogP contribution in [0.5, 0.6) is 0 Å². The van der Waals surface area contributed by atoms with E-state index in [4.69, 9.17) is 15.0 Å². The van der Waals surface area contributed by atoms with Crippen molar-refractivity contribution in [3.8, 4) is 34.2 Å². The fraction of sp³-hybridized carbons (Fsp3) is 0.291. The van der Waals surface area contributed by atoms with Crippen molar-refractivity contribution in [2.75, 3.05) is 0 Å². The van der Waals surface area contributed by atoms with E-state index in [2.05, 4.69) is 139 Å². The molecule has 0 N–H and O–H groups in total. The highest BCUT2D eigenvalue weighted by atomic mass is 15.0. The van der Waals surface area contributed by atoms with Crippen LogP contribution in [0.25, 0.3) is 34.2 Å². The van der Waals surface area contributed by atoms with Crippen LogP contribution in [0.15, 0.2) is 133 Å². The Labute approximate surface area is 351 Å². The Kier molecular flexibility index (Phi) is 9.31. The maximum atomic E-state index is 5.03. The molecule has 4 aliphatic rings. The van der Waals surface area contributed by atoms with Crippen molar-refractivity contribution in [3.05, 3.63) is 178 Å². The highest BCUT2D eigenvalue weighted by Crippen LogP contribution is 2.66. The lowest BCUT2D eigenvalue weighted by Gasteiger charge is -2.63. The van der Waals surface area contributed by atoms with Crippen LogP contribution in [-0.4, -0.2) is 21.7 Å². The van der Waals surface area contributed by atoms with E-state index in [0.717, 1.165) is 34.4 Å². The van der Waals surface area contributed by atoms with E-state index in [9.17, 15) is 0 Å². The highest BCUT2D eigenvalue weighted by Gasteiger charge is 2.58. The molecule has 4 saturated carbocycles. The monoisotopic (exact) mass is 767 g/mol. The van der Waals surface area contributed by atoms with Crippen molar-refractivity contribution in [2.24, 2.45) is 11.8 Å². The Balaban J connectivity index is 0.992. The van der Waals surface area contributed by atoms with Gasteiger partial charge < -0.3 is 0 Å². The number of hydrogen-bond acceptors (Lipinski definition) is 3. The van der Waals surface area contributed by atoms with E-state index in [1.54, 1.807) is 5.56 Å². The van der Waals surface area contributed by atoms with Gasteiger partial charge in [-0.15, -0.1) is 0 Å². The predicted molar refractivity (Wildman–Crippen MR) is 247 cm³/mol. The third-order valence-corrected chi connectivity index (χ3v) is 14.4. The van der Waals surface area contributed by atoms with Crippen molar-refractivity contribution >= 4 is 23.1 Å². The summed E-state index contributed by atoms with van der Waals surface area (Å²) in [5.41, 5.74) is 19.0. The van der Waals surface area contributed by atoms with Crippen LogP contribution in [-0.2, 0) is 10.8 Å². The van der Waals surface area contributed by atoms with Gasteiger partial charge >= 0.3 is 0 Å². The maximum absolute atomic E-state index is 5.03. The number of aryl methyl sites for hydroxylation is 6. The molecule has 0 saturated heterocycles. The minimum absolute atomic E-state index is 0.194. The zero-order valence-electron chi connectivity index (χ0n) is 35.5. The number of hydrogen-bond donors (Lipinski definition) is 0. The van der Waals surface area contributed by atoms with Gasteiger partial charge in [0, 0.05) is 16.7 Å². The minimum Gasteiger partial charge on any atom is -0.208 e. The van der Waals surface area contributed by atoms with Gasteiger partial charge in [-0.1, -0.05) is 183 Å². The van der Waals surface area contributed by atoms with E-state index in [0.29, 0.717) is 11.6 Å². The first-order chi connectivity index (χ1) is 28.6. The van der Waals surface area contributed by atoms with E-state index < -0.39 is 0 Å². The second kappa shape index (κ2) is 14.6. The van der Waals surface area contributed by atoms with Crippen LogP contribution in [0, 0.1) is 53.4 Å². The van der Waals surface area contributed by atoms with E-state index in [1.165, 1.54) is 93.9 Å². The molecule has 1 aromatic heterocycles. The van der Waals surface area contributed by atoms with Gasteiger partial charge in [0.25, 0.3) is 0 Å². The molecule has 4 fully saturated rings. The van der Waals surface area contributed by atoms with Gasteiger partial charge in [-0.3, -0.25) is 0 Å². The average molecular weight is 768 g/mol. The number of aromatic nitrogens is 3. The first-order valence-electron chi connectivity index (χ1n) is 21.8. The Hall–Kier alpha value is -5.61. The normalized spacial score (nSPS) is 21.8. The van der Waals surface area contributed by atoms with Gasteiger partial charge in [0.15, 0.2) is 17.5 Å². The second-order valence-electron chi connectivity index (χ2n) is 18.8. The lowest BCUT2D eigenvalue weighted by atomic mass is 9.34. The van der Waals surface area contributed by atoms with Gasteiger partial charge in [-0.05, 0) is 114 Å². The van der Waals surface area contributed by atoms with Crippen molar-refractivity contribution in [1.82, 2.24) is 15.0 Å². The number of rotatable bonds is 8. The molecule has 3 nitrogen and oxygen atoms in total. The lowest BCUT2D eigenvalue weighted by Crippen LogP contribution is -2.57. The lowest BCUT2D eigenvalue weighted by molar-refractivity contribution is -0.0281. The fourth-order valence-electron chi connectivity index (χ4n) is 12.6. The van der Waals surface area contributed by atoms with Gasteiger partial charge in [0.1, 0.15) is 0 Å². The third-order valence-electron chi connectivity index (χ3n) is 14.4. The summed E-state index contributed by atoms with van der Waals surface area (Å²) in [6.07, 6.45) is 7.83. The first kappa shape index (κ1) is 37.7. The molecular weight excluding hydrogens is 713 g/mol.